The molecule has 0 spiro atoms. The fraction of sp³-hybridized carbons (Fsp3) is 0.524. The molecule has 2 amide bonds. The third-order valence-corrected chi connectivity index (χ3v) is 6.64. The van der Waals surface area contributed by atoms with Crippen LogP contribution in [0.2, 0.25) is 0 Å². The first-order chi connectivity index (χ1) is 15.2. The topological polar surface area (TPSA) is 142 Å². The minimum absolute atomic E-state index is 0.189. The number of nitrogens with one attached hydrogen (secondary N) is 2. The highest BCUT2D eigenvalue weighted by atomic mass is 16.2. The lowest BCUT2D eigenvalue weighted by Gasteiger charge is -2.38. The maximum atomic E-state index is 12.7. The van der Waals surface area contributed by atoms with Crippen LogP contribution in [0.4, 0.5) is 5.82 Å². The zero-order valence-electron chi connectivity index (χ0n) is 20.4. The standard InChI is InChI=1S/C21H30N8O4/c1-20(2,17-22-11(15(31)26(5)6)13(24-17)27(7)10-30)21(3,4)18-23-12-14(25-18)28(8)19(33)29(9)16(12)32/h10H,1-9H3,(H,22,24)(H,23,25). The molecule has 178 valence electrons. The first-order valence-corrected chi connectivity index (χ1v) is 10.3. The van der Waals surface area contributed by atoms with E-state index < -0.39 is 22.1 Å². The molecule has 0 aromatic carbocycles. The van der Waals surface area contributed by atoms with Crippen LogP contribution < -0.4 is 16.1 Å². The quantitative estimate of drug-likeness (QED) is 0.507. The summed E-state index contributed by atoms with van der Waals surface area (Å²) in [5, 5.41) is 0. The average molecular weight is 459 g/mol. The molecule has 0 fully saturated rings. The Morgan fingerprint density at radius 1 is 0.939 bits per heavy atom. The van der Waals surface area contributed by atoms with Crippen LogP contribution in [0, 0.1) is 0 Å². The normalized spacial score (nSPS) is 12.3. The van der Waals surface area contributed by atoms with Crippen molar-refractivity contribution >= 4 is 29.3 Å². The summed E-state index contributed by atoms with van der Waals surface area (Å²) in [5.74, 6) is 0.823. The van der Waals surface area contributed by atoms with Gasteiger partial charge >= 0.3 is 5.69 Å². The summed E-state index contributed by atoms with van der Waals surface area (Å²) in [7, 11) is 7.72. The Labute approximate surface area is 190 Å². The molecule has 0 saturated carbocycles. The van der Waals surface area contributed by atoms with Crippen LogP contribution in [-0.2, 0) is 29.7 Å². The third-order valence-electron chi connectivity index (χ3n) is 6.64. The second-order valence-corrected chi connectivity index (χ2v) is 9.44. The molecule has 0 aliphatic heterocycles. The number of amides is 2. The van der Waals surface area contributed by atoms with E-state index >= 15 is 0 Å². The van der Waals surface area contributed by atoms with Gasteiger partial charge in [-0.05, 0) is 0 Å². The first-order valence-electron chi connectivity index (χ1n) is 10.3. The Balaban J connectivity index is 2.21. The lowest BCUT2D eigenvalue weighted by atomic mass is 9.67. The summed E-state index contributed by atoms with van der Waals surface area (Å²) in [6.45, 7) is 7.69. The van der Waals surface area contributed by atoms with Crippen molar-refractivity contribution in [3.63, 3.8) is 0 Å². The van der Waals surface area contributed by atoms with Crippen molar-refractivity contribution in [1.82, 2.24) is 34.0 Å². The molecule has 0 aliphatic carbocycles. The highest BCUT2D eigenvalue weighted by molar-refractivity contribution is 5.98. The number of nitrogens with zero attached hydrogens (tertiary/aromatic N) is 6. The molecule has 3 rings (SSSR count). The summed E-state index contributed by atoms with van der Waals surface area (Å²) in [4.78, 5) is 67.1. The molecule has 2 N–H and O–H groups in total. The van der Waals surface area contributed by atoms with E-state index in [4.69, 9.17) is 0 Å². The molecule has 12 nitrogen and oxygen atoms in total. The minimum Gasteiger partial charge on any atom is -0.343 e. The molecule has 0 atom stereocenters. The fourth-order valence-corrected chi connectivity index (χ4v) is 3.55. The number of carbonyl (C=O) groups excluding carboxylic acids is 2. The molecule has 33 heavy (non-hydrogen) atoms. The molecule has 0 bridgehead atoms. The zero-order valence-corrected chi connectivity index (χ0v) is 20.4. The lowest BCUT2D eigenvalue weighted by Crippen LogP contribution is -2.42. The van der Waals surface area contributed by atoms with E-state index in [1.807, 2.05) is 27.7 Å². The van der Waals surface area contributed by atoms with Crippen molar-refractivity contribution in [3.8, 4) is 0 Å². The van der Waals surface area contributed by atoms with Gasteiger partial charge in [-0.15, -0.1) is 0 Å². The van der Waals surface area contributed by atoms with Gasteiger partial charge in [-0.1, -0.05) is 27.7 Å². The molecule has 0 radical (unpaired) electrons. The van der Waals surface area contributed by atoms with E-state index in [1.165, 1.54) is 28.5 Å². The Morgan fingerprint density at radius 2 is 1.48 bits per heavy atom. The number of hydrogen-bond acceptors (Lipinski definition) is 6. The maximum absolute atomic E-state index is 12.7. The number of anilines is 1. The molecule has 0 aliphatic rings. The number of rotatable bonds is 6. The van der Waals surface area contributed by atoms with Crippen LogP contribution >= 0.6 is 0 Å². The van der Waals surface area contributed by atoms with Crippen molar-refractivity contribution in [3.05, 3.63) is 38.2 Å². The number of carbonyl (C=O) groups is 2. The van der Waals surface area contributed by atoms with Gasteiger partial charge in [0.15, 0.2) is 11.5 Å². The Hall–Kier alpha value is -3.70. The van der Waals surface area contributed by atoms with Crippen molar-refractivity contribution in [1.29, 1.82) is 0 Å². The Bertz CT molecular complexity index is 1370. The van der Waals surface area contributed by atoms with Crippen molar-refractivity contribution in [2.45, 2.75) is 38.5 Å². The number of aryl methyl sites for hydroxylation is 1. The zero-order chi connectivity index (χ0) is 25.0. The number of hydrogen-bond donors (Lipinski definition) is 2. The highest BCUT2D eigenvalue weighted by Gasteiger charge is 2.45. The Morgan fingerprint density at radius 3 is 2.00 bits per heavy atom. The van der Waals surface area contributed by atoms with Crippen LogP contribution in [0.3, 0.4) is 0 Å². The van der Waals surface area contributed by atoms with Crippen molar-refractivity contribution in [2.75, 3.05) is 26.0 Å². The Kier molecular flexibility index (Phi) is 5.60. The molecule has 3 aromatic heterocycles. The number of aromatic amines is 2. The maximum Gasteiger partial charge on any atom is 0.332 e. The summed E-state index contributed by atoms with van der Waals surface area (Å²) in [6.07, 6.45) is 0.583. The van der Waals surface area contributed by atoms with Crippen molar-refractivity contribution in [2.24, 2.45) is 14.1 Å². The van der Waals surface area contributed by atoms with Crippen LogP contribution in [0.15, 0.2) is 9.59 Å². The third kappa shape index (κ3) is 3.45. The van der Waals surface area contributed by atoms with Gasteiger partial charge in [0.05, 0.1) is 0 Å². The van der Waals surface area contributed by atoms with E-state index in [0.29, 0.717) is 18.1 Å². The van der Waals surface area contributed by atoms with E-state index in [9.17, 15) is 19.2 Å². The van der Waals surface area contributed by atoms with E-state index in [0.717, 1.165) is 4.57 Å². The van der Waals surface area contributed by atoms with E-state index in [2.05, 4.69) is 19.9 Å². The highest BCUT2D eigenvalue weighted by Crippen LogP contribution is 2.42. The summed E-state index contributed by atoms with van der Waals surface area (Å²) in [5.41, 5.74) is -1.77. The minimum atomic E-state index is -0.756. The van der Waals surface area contributed by atoms with Crippen molar-refractivity contribution < 1.29 is 9.59 Å². The summed E-state index contributed by atoms with van der Waals surface area (Å²) >= 11 is 0. The van der Waals surface area contributed by atoms with Crippen LogP contribution in [0.1, 0.15) is 49.8 Å². The van der Waals surface area contributed by atoms with Crippen LogP contribution in [-0.4, -0.2) is 67.4 Å². The van der Waals surface area contributed by atoms with Crippen LogP contribution in [0.25, 0.3) is 11.2 Å². The fourth-order valence-electron chi connectivity index (χ4n) is 3.55. The predicted octanol–water partition coefficient (Wildman–Crippen LogP) is 0.233. The van der Waals surface area contributed by atoms with E-state index in [-0.39, 0.29) is 28.6 Å². The average Bonchev–Trinajstić information content (AvgIpc) is 3.41. The monoisotopic (exact) mass is 458 g/mol. The second kappa shape index (κ2) is 7.71. The number of aromatic nitrogens is 6. The molecular weight excluding hydrogens is 428 g/mol. The number of imidazole rings is 2. The summed E-state index contributed by atoms with van der Waals surface area (Å²) in [6, 6.07) is 0. The van der Waals surface area contributed by atoms with Gasteiger partial charge in [-0.2, -0.15) is 0 Å². The summed E-state index contributed by atoms with van der Waals surface area (Å²) < 4.78 is 2.34. The number of fused-ring (bicyclic) bond motifs is 1. The molecule has 3 aromatic rings. The molecule has 0 unspecified atom stereocenters. The van der Waals surface area contributed by atoms with Crippen LogP contribution in [0.5, 0.6) is 0 Å². The van der Waals surface area contributed by atoms with Gasteiger partial charge in [-0.3, -0.25) is 23.5 Å². The lowest BCUT2D eigenvalue weighted by molar-refractivity contribution is -0.107. The number of H-pyrrole nitrogens is 2. The predicted molar refractivity (Wildman–Crippen MR) is 124 cm³/mol. The molecule has 3 heterocycles. The van der Waals surface area contributed by atoms with Gasteiger partial charge in [0.2, 0.25) is 6.41 Å². The molecule has 12 heteroatoms. The van der Waals surface area contributed by atoms with Gasteiger partial charge in [0.25, 0.3) is 11.5 Å². The second-order valence-electron chi connectivity index (χ2n) is 9.44. The van der Waals surface area contributed by atoms with Gasteiger partial charge in [-0.25, -0.2) is 14.8 Å². The largest absolute Gasteiger partial charge is 0.343 e. The smallest absolute Gasteiger partial charge is 0.332 e. The van der Waals surface area contributed by atoms with E-state index in [1.54, 1.807) is 21.1 Å². The first kappa shape index (κ1) is 24.0. The van der Waals surface area contributed by atoms with Gasteiger partial charge in [0.1, 0.15) is 22.9 Å². The van der Waals surface area contributed by atoms with Gasteiger partial charge < -0.3 is 19.8 Å². The SMILES string of the molecule is CN(C)C(=O)c1[nH]c(C(C)(C)C(C)(C)c2nc3c([nH]2)c(=O)n(C)c(=O)n3C)nc1N(C)C=O. The molecular formula is C21H30N8O4. The molecule has 0 saturated heterocycles. The van der Waals surface area contributed by atoms with Gasteiger partial charge in [0, 0.05) is 46.1 Å².